The number of amides is 1. The van der Waals surface area contributed by atoms with Crippen LogP contribution in [0.3, 0.4) is 0 Å². The van der Waals surface area contributed by atoms with Gasteiger partial charge in [-0.2, -0.15) is 15.0 Å². The highest BCUT2D eigenvalue weighted by Gasteiger charge is 2.10. The van der Waals surface area contributed by atoms with Crippen molar-refractivity contribution >= 4 is 46.6 Å². The molecule has 0 atom stereocenters. The Morgan fingerprint density at radius 1 is 0.676 bits per heavy atom. The molecule has 0 saturated heterocycles. The van der Waals surface area contributed by atoms with E-state index in [9.17, 15) is 9.59 Å². The molecule has 0 bridgehead atoms. The van der Waals surface area contributed by atoms with Gasteiger partial charge in [0.15, 0.2) is 5.78 Å². The van der Waals surface area contributed by atoms with Gasteiger partial charge in [0.2, 0.25) is 23.8 Å². The number of carbonyl (C=O) groups excluding carboxylic acids is 2. The Morgan fingerprint density at radius 3 is 1.76 bits per heavy atom. The summed E-state index contributed by atoms with van der Waals surface area (Å²) in [4.78, 5) is 37.2. The fourth-order valence-corrected chi connectivity index (χ4v) is 3.05. The molecule has 3 aromatic carbocycles. The molecule has 9 nitrogen and oxygen atoms in total. The molecule has 4 rings (SSSR count). The van der Waals surface area contributed by atoms with Crippen LogP contribution < -0.4 is 21.3 Å². The molecule has 0 radical (unpaired) electrons. The van der Waals surface area contributed by atoms with Crippen LogP contribution in [0.5, 0.6) is 0 Å². The van der Waals surface area contributed by atoms with Crippen LogP contribution in [0, 0.1) is 0 Å². The smallest absolute Gasteiger partial charge is 0.243 e. The number of nitrogens with zero attached hydrogens (tertiary/aromatic N) is 3. The van der Waals surface area contributed by atoms with E-state index in [4.69, 9.17) is 0 Å². The SMILES string of the molecule is CC(=O)c1cccc(NC(=O)CNc2nc(Nc3ccccc3)nc(Nc3ccccc3)n2)c1. The molecule has 170 valence electrons. The lowest BCUT2D eigenvalue weighted by atomic mass is 10.1. The molecule has 9 heteroatoms. The number of rotatable bonds is 9. The van der Waals surface area contributed by atoms with E-state index in [1.807, 2.05) is 60.7 Å². The maximum absolute atomic E-state index is 12.5. The summed E-state index contributed by atoms with van der Waals surface area (Å²) in [5.74, 6) is 0.473. The minimum absolute atomic E-state index is 0.0729. The summed E-state index contributed by atoms with van der Waals surface area (Å²) >= 11 is 0. The fourth-order valence-electron chi connectivity index (χ4n) is 3.05. The Hall–Kier alpha value is -4.79. The lowest BCUT2D eigenvalue weighted by molar-refractivity contribution is -0.114. The molecule has 0 aliphatic rings. The molecular formula is C25H23N7O2. The van der Waals surface area contributed by atoms with Crippen molar-refractivity contribution in [1.29, 1.82) is 0 Å². The van der Waals surface area contributed by atoms with Crippen LogP contribution in [-0.4, -0.2) is 33.2 Å². The largest absolute Gasteiger partial charge is 0.345 e. The van der Waals surface area contributed by atoms with E-state index < -0.39 is 0 Å². The zero-order valence-electron chi connectivity index (χ0n) is 18.4. The van der Waals surface area contributed by atoms with Crippen molar-refractivity contribution in [1.82, 2.24) is 15.0 Å². The fraction of sp³-hybridized carbons (Fsp3) is 0.0800. The van der Waals surface area contributed by atoms with Crippen molar-refractivity contribution in [3.63, 3.8) is 0 Å². The highest BCUT2D eigenvalue weighted by molar-refractivity contribution is 5.97. The van der Waals surface area contributed by atoms with Crippen molar-refractivity contribution in [3.8, 4) is 0 Å². The topological polar surface area (TPSA) is 121 Å². The summed E-state index contributed by atoms with van der Waals surface area (Å²) in [5, 5.41) is 12.0. The maximum atomic E-state index is 12.5. The Labute approximate surface area is 196 Å². The summed E-state index contributed by atoms with van der Waals surface area (Å²) in [6.45, 7) is 1.40. The van der Waals surface area contributed by atoms with Crippen molar-refractivity contribution in [2.75, 3.05) is 27.8 Å². The number of para-hydroxylation sites is 2. The van der Waals surface area contributed by atoms with Crippen LogP contribution in [-0.2, 0) is 4.79 Å². The molecule has 1 aromatic heterocycles. The van der Waals surface area contributed by atoms with Gasteiger partial charge in [0.25, 0.3) is 0 Å². The average Bonchev–Trinajstić information content (AvgIpc) is 2.84. The second-order valence-corrected chi connectivity index (χ2v) is 7.33. The van der Waals surface area contributed by atoms with E-state index in [0.29, 0.717) is 23.1 Å². The van der Waals surface area contributed by atoms with Gasteiger partial charge in [-0.3, -0.25) is 9.59 Å². The zero-order valence-corrected chi connectivity index (χ0v) is 18.4. The van der Waals surface area contributed by atoms with Gasteiger partial charge in [-0.05, 0) is 43.3 Å². The highest BCUT2D eigenvalue weighted by Crippen LogP contribution is 2.18. The molecular weight excluding hydrogens is 430 g/mol. The van der Waals surface area contributed by atoms with Gasteiger partial charge >= 0.3 is 0 Å². The summed E-state index contributed by atoms with van der Waals surface area (Å²) in [6, 6.07) is 25.8. The van der Waals surface area contributed by atoms with Gasteiger partial charge in [-0.1, -0.05) is 48.5 Å². The minimum atomic E-state index is -0.309. The number of hydrogen-bond acceptors (Lipinski definition) is 8. The summed E-state index contributed by atoms with van der Waals surface area (Å²) in [7, 11) is 0. The second-order valence-electron chi connectivity index (χ2n) is 7.33. The third-order valence-corrected chi connectivity index (χ3v) is 4.66. The molecule has 4 N–H and O–H groups in total. The Balaban J connectivity index is 1.48. The number of ketones is 1. The first-order chi connectivity index (χ1) is 16.5. The van der Waals surface area contributed by atoms with Gasteiger partial charge in [-0.15, -0.1) is 0 Å². The monoisotopic (exact) mass is 453 g/mol. The lowest BCUT2D eigenvalue weighted by Crippen LogP contribution is -2.23. The normalized spacial score (nSPS) is 10.3. The number of carbonyl (C=O) groups is 2. The maximum Gasteiger partial charge on any atom is 0.243 e. The van der Waals surface area contributed by atoms with E-state index in [0.717, 1.165) is 11.4 Å². The zero-order chi connectivity index (χ0) is 23.8. The van der Waals surface area contributed by atoms with E-state index in [1.54, 1.807) is 24.3 Å². The third kappa shape index (κ3) is 6.36. The van der Waals surface area contributed by atoms with Crippen LogP contribution in [0.1, 0.15) is 17.3 Å². The van der Waals surface area contributed by atoms with Crippen molar-refractivity contribution in [3.05, 3.63) is 90.5 Å². The first kappa shape index (κ1) is 22.4. The van der Waals surface area contributed by atoms with Gasteiger partial charge in [0.1, 0.15) is 0 Å². The summed E-state index contributed by atoms with van der Waals surface area (Å²) in [5.41, 5.74) is 2.69. The number of benzene rings is 3. The molecule has 34 heavy (non-hydrogen) atoms. The van der Waals surface area contributed by atoms with Gasteiger partial charge in [0, 0.05) is 22.6 Å². The van der Waals surface area contributed by atoms with Crippen molar-refractivity contribution < 1.29 is 9.59 Å². The Bertz CT molecular complexity index is 1220. The van der Waals surface area contributed by atoms with Crippen LogP contribution in [0.4, 0.5) is 34.9 Å². The number of Topliss-reactive ketones (excluding diaryl/α,β-unsaturated/α-hetero) is 1. The van der Waals surface area contributed by atoms with Gasteiger partial charge in [-0.25, -0.2) is 0 Å². The molecule has 0 spiro atoms. The van der Waals surface area contributed by atoms with Crippen LogP contribution in [0.2, 0.25) is 0 Å². The molecule has 0 unspecified atom stereocenters. The van der Waals surface area contributed by atoms with Gasteiger partial charge in [0.05, 0.1) is 6.54 Å². The summed E-state index contributed by atoms with van der Waals surface area (Å²) in [6.07, 6.45) is 0. The van der Waals surface area contributed by atoms with E-state index in [-0.39, 0.29) is 24.2 Å². The number of aromatic nitrogens is 3. The number of hydrogen-bond donors (Lipinski definition) is 4. The molecule has 0 fully saturated rings. The first-order valence-electron chi connectivity index (χ1n) is 10.6. The lowest BCUT2D eigenvalue weighted by Gasteiger charge is -2.12. The number of anilines is 6. The predicted octanol–water partition coefficient (Wildman–Crippen LogP) is 4.61. The van der Waals surface area contributed by atoms with Gasteiger partial charge < -0.3 is 21.3 Å². The summed E-state index contributed by atoms with van der Waals surface area (Å²) < 4.78 is 0. The highest BCUT2D eigenvalue weighted by atomic mass is 16.2. The second kappa shape index (κ2) is 10.7. The average molecular weight is 454 g/mol. The van der Waals surface area contributed by atoms with E-state index >= 15 is 0 Å². The van der Waals surface area contributed by atoms with Crippen molar-refractivity contribution in [2.45, 2.75) is 6.92 Å². The standard InChI is InChI=1S/C25H23N7O2/c1-17(33)18-9-8-14-21(15-18)27-22(34)16-26-23-30-24(28-19-10-4-2-5-11-19)32-25(31-23)29-20-12-6-3-7-13-20/h2-15H,16H2,1H3,(H,27,34)(H3,26,28,29,30,31,32). The molecule has 4 aromatic rings. The number of nitrogens with one attached hydrogen (secondary N) is 4. The molecule has 0 aliphatic heterocycles. The Morgan fingerprint density at radius 2 is 1.21 bits per heavy atom. The minimum Gasteiger partial charge on any atom is -0.345 e. The van der Waals surface area contributed by atoms with Crippen LogP contribution >= 0.6 is 0 Å². The van der Waals surface area contributed by atoms with Crippen LogP contribution in [0.15, 0.2) is 84.9 Å². The van der Waals surface area contributed by atoms with Crippen molar-refractivity contribution in [2.24, 2.45) is 0 Å². The molecule has 1 heterocycles. The third-order valence-electron chi connectivity index (χ3n) is 4.66. The van der Waals surface area contributed by atoms with Crippen LogP contribution in [0.25, 0.3) is 0 Å². The quantitative estimate of drug-likeness (QED) is 0.271. The first-order valence-corrected chi connectivity index (χ1v) is 10.6. The Kier molecular flexibility index (Phi) is 7.04. The molecule has 0 saturated carbocycles. The molecule has 1 amide bonds. The van der Waals surface area contributed by atoms with E-state index in [1.165, 1.54) is 6.92 Å². The van der Waals surface area contributed by atoms with E-state index in [2.05, 4.69) is 36.2 Å². The predicted molar refractivity (Wildman–Crippen MR) is 133 cm³/mol. The molecule has 0 aliphatic carbocycles.